The Morgan fingerprint density at radius 2 is 1.74 bits per heavy atom. The summed E-state index contributed by atoms with van der Waals surface area (Å²) in [4.78, 5) is 24.6. The largest absolute Gasteiger partial charge is 0.454 e. The first kappa shape index (κ1) is 25.5. The smallest absolute Gasteiger partial charge is 0.324 e. The van der Waals surface area contributed by atoms with Crippen molar-refractivity contribution >= 4 is 62.6 Å². The van der Waals surface area contributed by atoms with Crippen molar-refractivity contribution in [3.8, 4) is 0 Å². The van der Waals surface area contributed by atoms with E-state index < -0.39 is 34.5 Å². The quantitative estimate of drug-likeness (QED) is 0.476. The Morgan fingerprint density at radius 1 is 1.10 bits per heavy atom. The second kappa shape index (κ2) is 11.7. The number of thioether (sulfide) groups is 1. The molecule has 0 fully saturated rings. The fraction of sp³-hybridized carbons (Fsp3) is 0.300. The Morgan fingerprint density at radius 3 is 2.39 bits per heavy atom. The molecule has 11 heteroatoms. The zero-order chi connectivity index (χ0) is 23.0. The molecule has 2 N–H and O–H groups in total. The van der Waals surface area contributed by atoms with E-state index in [1.807, 2.05) is 6.26 Å². The molecule has 0 saturated carbocycles. The van der Waals surface area contributed by atoms with Gasteiger partial charge in [0, 0.05) is 15.7 Å². The highest BCUT2D eigenvalue weighted by Crippen LogP contribution is 2.20. The van der Waals surface area contributed by atoms with E-state index >= 15 is 0 Å². The van der Waals surface area contributed by atoms with Crippen LogP contribution in [0.5, 0.6) is 0 Å². The summed E-state index contributed by atoms with van der Waals surface area (Å²) in [5.74, 6) is -0.899. The van der Waals surface area contributed by atoms with Gasteiger partial charge in [0.1, 0.15) is 6.04 Å². The van der Waals surface area contributed by atoms with E-state index in [4.69, 9.17) is 27.9 Å². The van der Waals surface area contributed by atoms with Crippen molar-refractivity contribution < 1.29 is 22.7 Å². The minimum absolute atomic E-state index is 0.0342. The number of esters is 1. The number of hydrogen-bond acceptors (Lipinski definition) is 6. The van der Waals surface area contributed by atoms with Gasteiger partial charge in [-0.2, -0.15) is 16.5 Å². The summed E-state index contributed by atoms with van der Waals surface area (Å²) in [6, 6.07) is 9.42. The number of nitrogens with one attached hydrogen (secondary N) is 2. The molecule has 0 aliphatic carbocycles. The number of benzene rings is 2. The number of ether oxygens (including phenoxy) is 1. The first-order valence-corrected chi connectivity index (χ1v) is 12.7. The number of anilines is 1. The maximum Gasteiger partial charge on any atom is 0.324 e. The zero-order valence-corrected chi connectivity index (χ0v) is 20.0. The third-order valence-electron chi connectivity index (χ3n) is 4.14. The molecule has 0 aliphatic heterocycles. The third kappa shape index (κ3) is 8.01. The summed E-state index contributed by atoms with van der Waals surface area (Å²) in [7, 11) is -3.98. The second-order valence-electron chi connectivity index (χ2n) is 6.52. The normalized spacial score (nSPS) is 12.3. The molecule has 0 radical (unpaired) electrons. The molecular weight excluding hydrogens is 483 g/mol. The molecule has 2 aromatic rings. The lowest BCUT2D eigenvalue weighted by atomic mass is 10.2. The molecule has 0 unspecified atom stereocenters. The van der Waals surface area contributed by atoms with E-state index in [9.17, 15) is 18.0 Å². The van der Waals surface area contributed by atoms with Crippen molar-refractivity contribution in [2.45, 2.75) is 24.3 Å². The fourth-order valence-electron chi connectivity index (χ4n) is 2.48. The van der Waals surface area contributed by atoms with Gasteiger partial charge in [-0.05, 0) is 67.3 Å². The number of rotatable bonds is 10. The Balaban J connectivity index is 2.02. The van der Waals surface area contributed by atoms with Crippen molar-refractivity contribution in [2.75, 3.05) is 23.9 Å². The molecule has 31 heavy (non-hydrogen) atoms. The van der Waals surface area contributed by atoms with Crippen LogP contribution >= 0.6 is 35.0 Å². The van der Waals surface area contributed by atoms with Gasteiger partial charge < -0.3 is 10.1 Å². The van der Waals surface area contributed by atoms with E-state index in [2.05, 4.69) is 10.0 Å². The van der Waals surface area contributed by atoms with Crippen molar-refractivity contribution in [1.29, 1.82) is 0 Å². The standard InChI is InChI=1S/C20H22Cl2N2O5S2/c1-13-3-4-15(22)11-18(13)23-19(25)12-29-20(26)17(9-10-30-2)24-31(27,28)16-7-5-14(21)6-8-16/h3-8,11,17,24H,9-10,12H2,1-2H3,(H,23,25)/t17-/m1/s1. The summed E-state index contributed by atoms with van der Waals surface area (Å²) in [6.45, 7) is 1.23. The molecule has 0 bridgehead atoms. The van der Waals surface area contributed by atoms with Crippen LogP contribution in [0.3, 0.4) is 0 Å². The number of halogens is 2. The summed E-state index contributed by atoms with van der Waals surface area (Å²) in [5, 5.41) is 3.45. The minimum atomic E-state index is -3.98. The zero-order valence-electron chi connectivity index (χ0n) is 16.9. The number of hydrogen-bond donors (Lipinski definition) is 2. The van der Waals surface area contributed by atoms with Gasteiger partial charge in [-0.1, -0.05) is 29.3 Å². The average molecular weight is 505 g/mol. The highest BCUT2D eigenvalue weighted by Gasteiger charge is 2.27. The molecule has 0 saturated heterocycles. The molecule has 0 spiro atoms. The van der Waals surface area contributed by atoms with Crippen LogP contribution in [-0.4, -0.2) is 45.0 Å². The van der Waals surface area contributed by atoms with E-state index in [-0.39, 0.29) is 11.3 Å². The van der Waals surface area contributed by atoms with Gasteiger partial charge in [0.2, 0.25) is 10.0 Å². The third-order valence-corrected chi connectivity index (χ3v) is 6.75. The number of sulfonamides is 1. The molecule has 168 valence electrons. The Hall–Kier alpha value is -1.78. The SMILES string of the molecule is CSCC[C@@H](NS(=O)(=O)c1ccc(Cl)cc1)C(=O)OCC(=O)Nc1cc(Cl)ccc1C. The first-order chi connectivity index (χ1) is 14.6. The molecule has 0 aliphatic rings. The molecular formula is C20H22Cl2N2O5S2. The molecule has 1 atom stereocenters. The lowest BCUT2D eigenvalue weighted by Gasteiger charge is -2.17. The molecule has 0 heterocycles. The fourth-order valence-corrected chi connectivity index (χ4v) is 4.47. The highest BCUT2D eigenvalue weighted by atomic mass is 35.5. The molecule has 2 rings (SSSR count). The number of aryl methyl sites for hydroxylation is 1. The Labute approximate surface area is 195 Å². The van der Waals surface area contributed by atoms with E-state index in [0.717, 1.165) is 5.56 Å². The van der Waals surface area contributed by atoms with Gasteiger partial charge in [-0.3, -0.25) is 9.59 Å². The lowest BCUT2D eigenvalue weighted by Crippen LogP contribution is -2.43. The maximum atomic E-state index is 12.6. The first-order valence-electron chi connectivity index (χ1n) is 9.12. The van der Waals surface area contributed by atoms with Gasteiger partial charge in [0.25, 0.3) is 5.91 Å². The summed E-state index contributed by atoms with van der Waals surface area (Å²) in [6.07, 6.45) is 2.03. The van der Waals surface area contributed by atoms with Crippen molar-refractivity contribution in [3.05, 3.63) is 58.1 Å². The molecule has 0 aromatic heterocycles. The second-order valence-corrected chi connectivity index (χ2v) is 10.1. The Kier molecular flexibility index (Phi) is 9.64. The highest BCUT2D eigenvalue weighted by molar-refractivity contribution is 7.98. The van der Waals surface area contributed by atoms with E-state index in [0.29, 0.717) is 21.5 Å². The van der Waals surface area contributed by atoms with E-state index in [1.165, 1.54) is 36.0 Å². The van der Waals surface area contributed by atoms with Crippen LogP contribution in [-0.2, 0) is 24.3 Å². The van der Waals surface area contributed by atoms with E-state index in [1.54, 1.807) is 25.1 Å². The van der Waals surface area contributed by atoms with Gasteiger partial charge in [0.05, 0.1) is 4.90 Å². The van der Waals surface area contributed by atoms with Crippen LogP contribution < -0.4 is 10.0 Å². The Bertz CT molecular complexity index is 1030. The molecule has 1 amide bonds. The van der Waals surface area contributed by atoms with Crippen LogP contribution in [0.15, 0.2) is 47.4 Å². The topological polar surface area (TPSA) is 102 Å². The van der Waals surface area contributed by atoms with Crippen molar-refractivity contribution in [2.24, 2.45) is 0 Å². The number of carbonyl (C=O) groups excluding carboxylic acids is 2. The molecule has 2 aromatic carbocycles. The van der Waals surface area contributed by atoms with Gasteiger partial charge >= 0.3 is 5.97 Å². The number of carbonyl (C=O) groups is 2. The maximum absolute atomic E-state index is 12.6. The van der Waals surface area contributed by atoms with Crippen LogP contribution in [0.25, 0.3) is 0 Å². The van der Waals surface area contributed by atoms with Crippen LogP contribution in [0, 0.1) is 6.92 Å². The average Bonchev–Trinajstić information content (AvgIpc) is 2.72. The van der Waals surface area contributed by atoms with Crippen LogP contribution in [0.2, 0.25) is 10.0 Å². The monoisotopic (exact) mass is 504 g/mol. The van der Waals surface area contributed by atoms with Gasteiger partial charge in [-0.25, -0.2) is 8.42 Å². The number of amides is 1. The van der Waals surface area contributed by atoms with Crippen molar-refractivity contribution in [3.63, 3.8) is 0 Å². The summed E-state index contributed by atoms with van der Waals surface area (Å²) >= 11 is 13.2. The summed E-state index contributed by atoms with van der Waals surface area (Å²) in [5.41, 5.74) is 1.29. The van der Waals surface area contributed by atoms with Crippen LogP contribution in [0.1, 0.15) is 12.0 Å². The van der Waals surface area contributed by atoms with Gasteiger partial charge in [-0.15, -0.1) is 0 Å². The minimum Gasteiger partial charge on any atom is -0.454 e. The molecule has 7 nitrogen and oxygen atoms in total. The van der Waals surface area contributed by atoms with Crippen LogP contribution in [0.4, 0.5) is 5.69 Å². The lowest BCUT2D eigenvalue weighted by molar-refractivity contribution is -0.149. The predicted octanol–water partition coefficient (Wildman–Crippen LogP) is 3.88. The summed E-state index contributed by atoms with van der Waals surface area (Å²) < 4.78 is 32.6. The van der Waals surface area contributed by atoms with Crippen molar-refractivity contribution in [1.82, 2.24) is 4.72 Å². The van der Waals surface area contributed by atoms with Gasteiger partial charge in [0.15, 0.2) is 6.61 Å². The predicted molar refractivity (Wildman–Crippen MR) is 124 cm³/mol.